The van der Waals surface area contributed by atoms with Crippen molar-refractivity contribution < 1.29 is 23.7 Å². The summed E-state index contributed by atoms with van der Waals surface area (Å²) in [4.78, 5) is 12.1. The number of ether oxygens (including phenoxy) is 4. The Hall–Kier alpha value is -3.03. The summed E-state index contributed by atoms with van der Waals surface area (Å²) < 4.78 is 24.8. The number of carbonyl (C=O) groups excluding carboxylic acids is 1. The fourth-order valence-corrected chi connectivity index (χ4v) is 4.68. The molecule has 1 N–H and O–H groups in total. The second-order valence-electron chi connectivity index (χ2n) is 9.74. The first-order valence-electron chi connectivity index (χ1n) is 13.6. The zero-order chi connectivity index (χ0) is 26.4. The van der Waals surface area contributed by atoms with Gasteiger partial charge in [0.05, 0.1) is 38.6 Å². The van der Waals surface area contributed by atoms with Crippen LogP contribution < -0.4 is 5.32 Å². The van der Waals surface area contributed by atoms with Crippen molar-refractivity contribution in [2.45, 2.75) is 70.3 Å². The van der Waals surface area contributed by atoms with Crippen molar-refractivity contribution in [1.82, 2.24) is 5.32 Å². The van der Waals surface area contributed by atoms with E-state index in [0.29, 0.717) is 45.9 Å². The number of rotatable bonds is 14. The number of carbonyl (C=O) groups is 1. The van der Waals surface area contributed by atoms with Gasteiger partial charge in [-0.25, -0.2) is 0 Å². The molecular weight excluding hydrogens is 478 g/mol. The third kappa shape index (κ3) is 9.07. The summed E-state index contributed by atoms with van der Waals surface area (Å²) in [6, 6.07) is 30.3. The maximum absolute atomic E-state index is 12.1. The first kappa shape index (κ1) is 28.0. The average molecular weight is 518 g/mol. The lowest BCUT2D eigenvalue weighted by Crippen LogP contribution is -2.61. The first-order valence-corrected chi connectivity index (χ1v) is 13.6. The summed E-state index contributed by atoms with van der Waals surface area (Å²) in [6.45, 7) is 4.18. The van der Waals surface area contributed by atoms with Gasteiger partial charge < -0.3 is 24.3 Å². The highest BCUT2D eigenvalue weighted by Crippen LogP contribution is 2.24. The maximum Gasteiger partial charge on any atom is 0.305 e. The van der Waals surface area contributed by atoms with E-state index in [1.165, 1.54) is 0 Å². The van der Waals surface area contributed by atoms with Crippen molar-refractivity contribution in [3.8, 4) is 0 Å². The lowest BCUT2D eigenvalue weighted by atomic mass is 9.92. The predicted octanol–water partition coefficient (Wildman–Crippen LogP) is 5.45. The third-order valence-corrected chi connectivity index (χ3v) is 6.63. The fourth-order valence-electron chi connectivity index (χ4n) is 4.68. The van der Waals surface area contributed by atoms with E-state index in [4.69, 9.17) is 18.9 Å². The number of hydrogen-bond acceptors (Lipinski definition) is 6. The average Bonchev–Trinajstić information content (AvgIpc) is 2.96. The number of hydrogen-bond donors (Lipinski definition) is 1. The minimum Gasteiger partial charge on any atom is -0.464 e. The second kappa shape index (κ2) is 15.4. The molecule has 6 heteroatoms. The molecule has 1 aliphatic rings. The summed E-state index contributed by atoms with van der Waals surface area (Å²) in [5, 5.41) is 3.64. The molecule has 4 rings (SSSR count). The minimum absolute atomic E-state index is 0.0570. The minimum atomic E-state index is -0.239. The molecule has 1 saturated heterocycles. The highest BCUT2D eigenvalue weighted by Gasteiger charge is 2.39. The van der Waals surface area contributed by atoms with E-state index in [1.807, 2.05) is 61.5 Å². The van der Waals surface area contributed by atoms with Crippen molar-refractivity contribution in [2.24, 2.45) is 0 Å². The quantitative estimate of drug-likeness (QED) is 0.287. The van der Waals surface area contributed by atoms with Gasteiger partial charge in [-0.2, -0.15) is 0 Å². The van der Waals surface area contributed by atoms with Gasteiger partial charge in [-0.3, -0.25) is 4.79 Å². The summed E-state index contributed by atoms with van der Waals surface area (Å²) in [7, 11) is 0. The van der Waals surface area contributed by atoms with Crippen LogP contribution in [0.1, 0.15) is 42.9 Å². The van der Waals surface area contributed by atoms with Crippen LogP contribution in [0.4, 0.5) is 0 Å². The molecule has 0 saturated carbocycles. The lowest BCUT2D eigenvalue weighted by Gasteiger charge is -2.42. The van der Waals surface area contributed by atoms with Crippen LogP contribution in [0.25, 0.3) is 0 Å². The molecule has 0 unspecified atom stereocenters. The van der Waals surface area contributed by atoms with Gasteiger partial charge in [0.1, 0.15) is 12.7 Å². The monoisotopic (exact) mass is 517 g/mol. The highest BCUT2D eigenvalue weighted by molar-refractivity contribution is 5.69. The summed E-state index contributed by atoms with van der Waals surface area (Å²) in [6.07, 6.45) is 1.43. The molecular formula is C32H39NO5. The van der Waals surface area contributed by atoms with Crippen molar-refractivity contribution >= 4 is 5.97 Å². The van der Waals surface area contributed by atoms with Crippen LogP contribution in [0, 0.1) is 0 Å². The fraction of sp³-hybridized carbons (Fsp3) is 0.406. The van der Waals surface area contributed by atoms with E-state index in [0.717, 1.165) is 23.1 Å². The normalized spacial score (nSPS) is 21.2. The Morgan fingerprint density at radius 2 is 1.32 bits per heavy atom. The van der Waals surface area contributed by atoms with E-state index < -0.39 is 0 Å². The van der Waals surface area contributed by atoms with E-state index in [9.17, 15) is 4.79 Å². The Labute approximate surface area is 226 Å². The van der Waals surface area contributed by atoms with E-state index in [1.54, 1.807) is 0 Å². The molecule has 0 bridgehead atoms. The van der Waals surface area contributed by atoms with Gasteiger partial charge in [-0.1, -0.05) is 97.9 Å². The molecule has 0 aliphatic carbocycles. The number of benzene rings is 3. The van der Waals surface area contributed by atoms with Crippen molar-refractivity contribution in [3.63, 3.8) is 0 Å². The molecule has 0 radical (unpaired) electrons. The topological polar surface area (TPSA) is 66.0 Å². The standard InChI is InChI=1S/C32H39NO5/c1-2-12-31(34)37-23-28-19-30(36-21-26-15-8-4-9-16-26)32(38-22-27-17-10-5-11-18-27)29(33-28)24-35-20-25-13-6-3-7-14-25/h3-11,13-18,28-30,32-33H,2,12,19-24H2,1H3/t28-,29+,30+,32+/m0/s1. The number of esters is 1. The lowest BCUT2D eigenvalue weighted by molar-refractivity contribution is -0.151. The van der Waals surface area contributed by atoms with Crippen LogP contribution in [0.2, 0.25) is 0 Å². The van der Waals surface area contributed by atoms with E-state index in [2.05, 4.69) is 41.7 Å². The van der Waals surface area contributed by atoms with E-state index >= 15 is 0 Å². The SMILES string of the molecule is CCCC(=O)OC[C@@H]1C[C@@H](OCc2ccccc2)[C@H](OCc2ccccc2)[C@@H](COCc2ccccc2)N1. The second-order valence-corrected chi connectivity index (χ2v) is 9.74. The van der Waals surface area contributed by atoms with Crippen LogP contribution in [0.15, 0.2) is 91.0 Å². The van der Waals surface area contributed by atoms with Crippen LogP contribution in [0.3, 0.4) is 0 Å². The van der Waals surface area contributed by atoms with E-state index in [-0.39, 0.29) is 30.3 Å². The zero-order valence-corrected chi connectivity index (χ0v) is 22.2. The highest BCUT2D eigenvalue weighted by atomic mass is 16.5. The number of piperidine rings is 1. The molecule has 3 aromatic carbocycles. The van der Waals surface area contributed by atoms with Gasteiger partial charge in [0.15, 0.2) is 0 Å². The summed E-state index contributed by atoms with van der Waals surface area (Å²) in [5.74, 6) is -0.171. The molecule has 6 nitrogen and oxygen atoms in total. The van der Waals surface area contributed by atoms with Gasteiger partial charge in [-0.15, -0.1) is 0 Å². The molecule has 0 aromatic heterocycles. The van der Waals surface area contributed by atoms with Crippen molar-refractivity contribution in [2.75, 3.05) is 13.2 Å². The van der Waals surface area contributed by atoms with Crippen LogP contribution in [-0.4, -0.2) is 43.5 Å². The van der Waals surface area contributed by atoms with Gasteiger partial charge in [0.2, 0.25) is 0 Å². The van der Waals surface area contributed by atoms with Gasteiger partial charge >= 0.3 is 5.97 Å². The molecule has 1 heterocycles. The Balaban J connectivity index is 1.47. The van der Waals surface area contributed by atoms with Gasteiger partial charge in [0.25, 0.3) is 0 Å². The zero-order valence-electron chi connectivity index (χ0n) is 22.2. The molecule has 38 heavy (non-hydrogen) atoms. The molecule has 0 amide bonds. The van der Waals surface area contributed by atoms with Crippen molar-refractivity contribution in [3.05, 3.63) is 108 Å². The smallest absolute Gasteiger partial charge is 0.305 e. The Bertz CT molecular complexity index is 1060. The Kier molecular flexibility index (Phi) is 11.3. The largest absolute Gasteiger partial charge is 0.464 e. The first-order chi connectivity index (χ1) is 18.7. The van der Waals surface area contributed by atoms with Crippen LogP contribution in [0.5, 0.6) is 0 Å². The van der Waals surface area contributed by atoms with Crippen molar-refractivity contribution in [1.29, 1.82) is 0 Å². The number of nitrogens with one attached hydrogen (secondary N) is 1. The van der Waals surface area contributed by atoms with Crippen LogP contribution >= 0.6 is 0 Å². The molecule has 1 aliphatic heterocycles. The Morgan fingerprint density at radius 1 is 0.763 bits per heavy atom. The molecule has 0 spiro atoms. The molecule has 202 valence electrons. The van der Waals surface area contributed by atoms with Crippen LogP contribution in [-0.2, 0) is 43.6 Å². The third-order valence-electron chi connectivity index (χ3n) is 6.63. The summed E-state index contributed by atoms with van der Waals surface area (Å²) >= 11 is 0. The maximum atomic E-state index is 12.1. The predicted molar refractivity (Wildman–Crippen MR) is 147 cm³/mol. The molecule has 3 aromatic rings. The molecule has 1 fully saturated rings. The molecule has 4 atom stereocenters. The van der Waals surface area contributed by atoms with Gasteiger partial charge in [0, 0.05) is 12.5 Å². The Morgan fingerprint density at radius 3 is 1.89 bits per heavy atom. The summed E-state index contributed by atoms with van der Waals surface area (Å²) in [5.41, 5.74) is 3.33. The van der Waals surface area contributed by atoms with Gasteiger partial charge in [-0.05, 0) is 29.5 Å².